The molecule has 21 heavy (non-hydrogen) atoms. The number of nitrogens with zero attached hydrogens (tertiary/aromatic N) is 1. The summed E-state index contributed by atoms with van der Waals surface area (Å²) in [5, 5.41) is 9.36. The minimum absolute atomic E-state index is 0.131. The van der Waals surface area contributed by atoms with E-state index in [1.807, 2.05) is 6.92 Å². The number of aliphatic carboxylic acids is 1. The maximum atomic E-state index is 12.7. The largest absolute Gasteiger partial charge is 0.480 e. The Morgan fingerprint density at radius 1 is 1.38 bits per heavy atom. The highest BCUT2D eigenvalue weighted by molar-refractivity contribution is 9.10. The Hall–Kier alpha value is -0.920. The lowest BCUT2D eigenvalue weighted by Gasteiger charge is -2.35. The lowest BCUT2D eigenvalue weighted by molar-refractivity contribution is -0.143. The highest BCUT2D eigenvalue weighted by Gasteiger charge is 2.40. The summed E-state index contributed by atoms with van der Waals surface area (Å²) < 4.78 is 27.2. The number of hydrogen-bond acceptors (Lipinski definition) is 3. The van der Waals surface area contributed by atoms with Crippen molar-refractivity contribution in [2.24, 2.45) is 5.92 Å². The van der Waals surface area contributed by atoms with Gasteiger partial charge in [-0.25, -0.2) is 8.42 Å². The molecule has 2 atom stereocenters. The molecule has 1 heterocycles. The van der Waals surface area contributed by atoms with Gasteiger partial charge in [-0.05, 0) is 43.0 Å². The first-order valence-electron chi connectivity index (χ1n) is 6.86. The monoisotopic (exact) mass is 375 g/mol. The summed E-state index contributed by atoms with van der Waals surface area (Å²) in [7, 11) is -3.77. The third-order valence-corrected chi connectivity index (χ3v) is 6.40. The van der Waals surface area contributed by atoms with Gasteiger partial charge in [0.15, 0.2) is 0 Å². The van der Waals surface area contributed by atoms with Crippen LogP contribution >= 0.6 is 15.9 Å². The number of carboxylic acids is 1. The summed E-state index contributed by atoms with van der Waals surface area (Å²) in [4.78, 5) is 11.6. The van der Waals surface area contributed by atoms with Gasteiger partial charge in [-0.15, -0.1) is 0 Å². The van der Waals surface area contributed by atoms with Crippen LogP contribution in [0.3, 0.4) is 0 Å². The van der Waals surface area contributed by atoms with E-state index in [2.05, 4.69) is 15.9 Å². The Labute approximate surface area is 133 Å². The third-order valence-electron chi connectivity index (χ3n) is 3.94. The summed E-state index contributed by atoms with van der Waals surface area (Å²) in [5.41, 5.74) is 0. The number of hydrogen-bond donors (Lipinski definition) is 1. The van der Waals surface area contributed by atoms with Gasteiger partial charge in [0.1, 0.15) is 6.04 Å². The molecular formula is C14H18BrNO4S. The molecule has 1 aliphatic heterocycles. The highest BCUT2D eigenvalue weighted by Crippen LogP contribution is 2.30. The van der Waals surface area contributed by atoms with Crippen LogP contribution in [-0.2, 0) is 14.8 Å². The molecule has 1 saturated heterocycles. The van der Waals surface area contributed by atoms with Gasteiger partial charge in [0, 0.05) is 11.0 Å². The number of benzene rings is 1. The van der Waals surface area contributed by atoms with E-state index in [0.717, 1.165) is 15.2 Å². The standard InChI is InChI=1S/C14H18BrNO4S/c1-2-10-7-8-16(13(9-10)14(17)18)21(19,20)12-5-3-11(15)4-6-12/h3-6,10,13H,2,7-9H2,1H3,(H,17,18). The van der Waals surface area contributed by atoms with E-state index in [4.69, 9.17) is 0 Å². The minimum Gasteiger partial charge on any atom is -0.480 e. The predicted octanol–water partition coefficient (Wildman–Crippen LogP) is 2.71. The molecule has 2 rings (SSSR count). The van der Waals surface area contributed by atoms with Gasteiger partial charge in [0.05, 0.1) is 4.90 Å². The molecule has 1 aliphatic rings. The van der Waals surface area contributed by atoms with E-state index < -0.39 is 22.0 Å². The van der Waals surface area contributed by atoms with Crippen LogP contribution in [0.5, 0.6) is 0 Å². The van der Waals surface area contributed by atoms with Crippen molar-refractivity contribution < 1.29 is 18.3 Å². The van der Waals surface area contributed by atoms with Crippen molar-refractivity contribution in [3.8, 4) is 0 Å². The second-order valence-corrected chi connectivity index (χ2v) is 8.03. The molecule has 0 radical (unpaired) electrons. The number of piperidine rings is 1. The van der Waals surface area contributed by atoms with Crippen molar-refractivity contribution in [1.82, 2.24) is 4.31 Å². The molecule has 1 N–H and O–H groups in total. The van der Waals surface area contributed by atoms with E-state index in [1.54, 1.807) is 12.1 Å². The number of carboxylic acid groups (broad SMARTS) is 1. The zero-order valence-electron chi connectivity index (χ0n) is 11.7. The first kappa shape index (κ1) is 16.5. The maximum Gasteiger partial charge on any atom is 0.322 e. The van der Waals surface area contributed by atoms with Crippen molar-refractivity contribution >= 4 is 31.9 Å². The van der Waals surface area contributed by atoms with Crippen molar-refractivity contribution in [2.75, 3.05) is 6.54 Å². The molecule has 1 aromatic carbocycles. The molecule has 0 spiro atoms. The van der Waals surface area contributed by atoms with E-state index >= 15 is 0 Å². The molecule has 7 heteroatoms. The van der Waals surface area contributed by atoms with Crippen LogP contribution < -0.4 is 0 Å². The van der Waals surface area contributed by atoms with Crippen LogP contribution in [0.4, 0.5) is 0 Å². The maximum absolute atomic E-state index is 12.7. The van der Waals surface area contributed by atoms with Crippen LogP contribution in [0, 0.1) is 5.92 Å². The third kappa shape index (κ3) is 3.46. The van der Waals surface area contributed by atoms with E-state index in [9.17, 15) is 18.3 Å². The summed E-state index contributed by atoms with van der Waals surface area (Å²) in [6, 6.07) is 5.29. The Morgan fingerprint density at radius 2 is 2.00 bits per heavy atom. The summed E-state index contributed by atoms with van der Waals surface area (Å²) >= 11 is 3.26. The normalized spacial score (nSPS) is 23.9. The van der Waals surface area contributed by atoms with E-state index in [1.165, 1.54) is 12.1 Å². The minimum atomic E-state index is -3.77. The van der Waals surface area contributed by atoms with Crippen LogP contribution in [0.1, 0.15) is 26.2 Å². The van der Waals surface area contributed by atoms with E-state index in [-0.39, 0.29) is 17.4 Å². The lowest BCUT2D eigenvalue weighted by Crippen LogP contribution is -2.49. The van der Waals surface area contributed by atoms with Crippen molar-refractivity contribution in [1.29, 1.82) is 0 Å². The number of sulfonamides is 1. The average Bonchev–Trinajstić information content (AvgIpc) is 2.47. The SMILES string of the molecule is CCC1CCN(S(=O)(=O)c2ccc(Br)cc2)C(C(=O)O)C1. The van der Waals surface area contributed by atoms with Gasteiger partial charge >= 0.3 is 5.97 Å². The fraction of sp³-hybridized carbons (Fsp3) is 0.500. The van der Waals surface area contributed by atoms with Crippen molar-refractivity contribution in [3.63, 3.8) is 0 Å². The summed E-state index contributed by atoms with van der Waals surface area (Å²) in [6.45, 7) is 2.26. The molecule has 0 aliphatic carbocycles. The fourth-order valence-corrected chi connectivity index (χ4v) is 4.51. The van der Waals surface area contributed by atoms with Gasteiger partial charge in [-0.1, -0.05) is 29.3 Å². The fourth-order valence-electron chi connectivity index (χ4n) is 2.64. The van der Waals surface area contributed by atoms with Crippen LogP contribution in [0.2, 0.25) is 0 Å². The summed E-state index contributed by atoms with van der Waals surface area (Å²) in [5.74, 6) is -0.809. The smallest absolute Gasteiger partial charge is 0.322 e. The molecule has 0 bridgehead atoms. The highest BCUT2D eigenvalue weighted by atomic mass is 79.9. The Kier molecular flexibility index (Phi) is 5.06. The predicted molar refractivity (Wildman–Crippen MR) is 82.5 cm³/mol. The van der Waals surface area contributed by atoms with E-state index in [0.29, 0.717) is 12.8 Å². The first-order valence-corrected chi connectivity index (χ1v) is 9.09. The first-order chi connectivity index (χ1) is 9.86. The van der Waals surface area contributed by atoms with Gasteiger partial charge in [0.25, 0.3) is 0 Å². The zero-order chi connectivity index (χ0) is 15.6. The molecule has 0 saturated carbocycles. The molecule has 0 aromatic heterocycles. The second kappa shape index (κ2) is 6.46. The van der Waals surface area contributed by atoms with Crippen molar-refractivity contribution in [3.05, 3.63) is 28.7 Å². The second-order valence-electron chi connectivity index (χ2n) is 5.22. The molecule has 1 fully saturated rings. The van der Waals surface area contributed by atoms with Crippen LogP contribution in [0.15, 0.2) is 33.6 Å². The molecule has 1 aromatic rings. The number of halogens is 1. The lowest BCUT2D eigenvalue weighted by atomic mass is 9.90. The molecule has 116 valence electrons. The molecule has 5 nitrogen and oxygen atoms in total. The van der Waals surface area contributed by atoms with Gasteiger partial charge < -0.3 is 5.11 Å². The average molecular weight is 376 g/mol. The zero-order valence-corrected chi connectivity index (χ0v) is 14.1. The Balaban J connectivity index is 2.33. The summed E-state index contributed by atoms with van der Waals surface area (Å²) in [6.07, 6.45) is 1.95. The Morgan fingerprint density at radius 3 is 2.52 bits per heavy atom. The Bertz CT molecular complexity index is 614. The van der Waals surface area contributed by atoms with Crippen molar-refractivity contribution in [2.45, 2.75) is 37.1 Å². The van der Waals surface area contributed by atoms with Gasteiger partial charge in [-0.3, -0.25) is 4.79 Å². The van der Waals surface area contributed by atoms with Gasteiger partial charge in [-0.2, -0.15) is 4.31 Å². The topological polar surface area (TPSA) is 74.7 Å². The number of carbonyl (C=O) groups is 1. The molecule has 0 amide bonds. The molecular weight excluding hydrogens is 358 g/mol. The number of rotatable bonds is 4. The molecule has 2 unspecified atom stereocenters. The van der Waals surface area contributed by atoms with Gasteiger partial charge in [0.2, 0.25) is 10.0 Å². The van der Waals surface area contributed by atoms with Crippen LogP contribution in [0.25, 0.3) is 0 Å². The van der Waals surface area contributed by atoms with Crippen LogP contribution in [-0.4, -0.2) is 36.4 Å². The quantitative estimate of drug-likeness (QED) is 0.877.